The number of hydrogen-bond acceptors (Lipinski definition) is 2. The highest BCUT2D eigenvalue weighted by atomic mass is 16.4. The van der Waals surface area contributed by atoms with Gasteiger partial charge in [0.25, 0.3) is 0 Å². The minimum atomic E-state index is -0.692. The topological polar surface area (TPSA) is 57.6 Å². The van der Waals surface area contributed by atoms with Gasteiger partial charge in [-0.2, -0.15) is 0 Å². The van der Waals surface area contributed by atoms with E-state index in [1.54, 1.807) is 0 Å². The van der Waals surface area contributed by atoms with Crippen LogP contribution in [0.15, 0.2) is 0 Å². The molecule has 3 fully saturated rings. The molecule has 0 spiro atoms. The van der Waals surface area contributed by atoms with Gasteiger partial charge in [0.05, 0.1) is 5.92 Å². The summed E-state index contributed by atoms with van der Waals surface area (Å²) in [6.45, 7) is 1.92. The van der Waals surface area contributed by atoms with Gasteiger partial charge < -0.3 is 10.0 Å². The number of carboxylic acids is 1. The highest BCUT2D eigenvalue weighted by Gasteiger charge is 2.39. The summed E-state index contributed by atoms with van der Waals surface area (Å²) in [5.74, 6) is 0.961. The van der Waals surface area contributed by atoms with Crippen LogP contribution in [-0.4, -0.2) is 35.0 Å². The van der Waals surface area contributed by atoms with Crippen molar-refractivity contribution in [1.29, 1.82) is 0 Å². The number of amides is 1. The van der Waals surface area contributed by atoms with E-state index in [4.69, 9.17) is 5.11 Å². The van der Waals surface area contributed by atoms with E-state index in [-0.39, 0.29) is 11.8 Å². The van der Waals surface area contributed by atoms with E-state index in [0.717, 1.165) is 37.8 Å². The number of fused-ring (bicyclic) bond motifs is 1. The van der Waals surface area contributed by atoms with Crippen molar-refractivity contribution in [2.24, 2.45) is 23.7 Å². The van der Waals surface area contributed by atoms with Crippen molar-refractivity contribution < 1.29 is 14.7 Å². The monoisotopic (exact) mass is 279 g/mol. The third kappa shape index (κ3) is 2.70. The van der Waals surface area contributed by atoms with E-state index in [0.29, 0.717) is 18.7 Å². The van der Waals surface area contributed by atoms with Crippen LogP contribution in [-0.2, 0) is 9.59 Å². The first-order valence-electron chi connectivity index (χ1n) is 8.16. The molecule has 2 saturated carbocycles. The highest BCUT2D eigenvalue weighted by Crippen LogP contribution is 2.38. The lowest BCUT2D eigenvalue weighted by atomic mass is 9.81. The second kappa shape index (κ2) is 5.74. The molecule has 0 radical (unpaired) electrons. The van der Waals surface area contributed by atoms with Crippen LogP contribution < -0.4 is 0 Å². The van der Waals surface area contributed by atoms with E-state index in [2.05, 4.69) is 4.90 Å². The fourth-order valence-electron chi connectivity index (χ4n) is 4.43. The summed E-state index contributed by atoms with van der Waals surface area (Å²) < 4.78 is 0. The standard InChI is InChI=1S/C16H25NO3/c18-15(11-5-7-12(8-6-11)16(19)20)17-9-13-3-1-2-4-14(13)10-17/h11-14H,1-10H2,(H,19,20). The molecule has 112 valence electrons. The Hall–Kier alpha value is -1.06. The average molecular weight is 279 g/mol. The van der Waals surface area contributed by atoms with Crippen LogP contribution >= 0.6 is 0 Å². The third-order valence-electron chi connectivity index (χ3n) is 5.71. The first-order valence-corrected chi connectivity index (χ1v) is 8.16. The highest BCUT2D eigenvalue weighted by molar-refractivity contribution is 5.79. The van der Waals surface area contributed by atoms with Gasteiger partial charge in [0.2, 0.25) is 5.91 Å². The van der Waals surface area contributed by atoms with E-state index >= 15 is 0 Å². The molecule has 1 saturated heterocycles. The number of carboxylic acid groups (broad SMARTS) is 1. The molecule has 2 aliphatic carbocycles. The minimum Gasteiger partial charge on any atom is -0.481 e. The van der Waals surface area contributed by atoms with Gasteiger partial charge in [0.15, 0.2) is 0 Å². The van der Waals surface area contributed by atoms with E-state index < -0.39 is 5.97 Å². The predicted octanol–water partition coefficient (Wildman–Crippen LogP) is 2.53. The second-order valence-corrected chi connectivity index (χ2v) is 6.93. The van der Waals surface area contributed by atoms with E-state index in [9.17, 15) is 9.59 Å². The van der Waals surface area contributed by atoms with E-state index in [1.165, 1.54) is 25.7 Å². The Morgan fingerprint density at radius 1 is 0.800 bits per heavy atom. The molecule has 3 aliphatic rings. The smallest absolute Gasteiger partial charge is 0.306 e. The lowest BCUT2D eigenvalue weighted by Crippen LogP contribution is -2.37. The van der Waals surface area contributed by atoms with Crippen molar-refractivity contribution in [2.45, 2.75) is 51.4 Å². The van der Waals surface area contributed by atoms with Crippen LogP contribution in [0.1, 0.15) is 51.4 Å². The van der Waals surface area contributed by atoms with Gasteiger partial charge in [-0.05, 0) is 50.4 Å². The molecule has 0 aromatic heterocycles. The van der Waals surface area contributed by atoms with Crippen LogP contribution in [0.4, 0.5) is 0 Å². The van der Waals surface area contributed by atoms with Crippen molar-refractivity contribution in [3.8, 4) is 0 Å². The number of carbonyl (C=O) groups is 2. The summed E-state index contributed by atoms with van der Waals surface area (Å²) in [6, 6.07) is 0. The summed E-state index contributed by atoms with van der Waals surface area (Å²) in [6.07, 6.45) is 8.11. The normalized spacial score (nSPS) is 37.5. The first-order chi connectivity index (χ1) is 9.65. The summed E-state index contributed by atoms with van der Waals surface area (Å²) in [5.41, 5.74) is 0. The molecular formula is C16H25NO3. The zero-order valence-electron chi connectivity index (χ0n) is 12.1. The molecule has 4 heteroatoms. The number of rotatable bonds is 2. The number of hydrogen-bond donors (Lipinski definition) is 1. The fourth-order valence-corrected chi connectivity index (χ4v) is 4.43. The van der Waals surface area contributed by atoms with Crippen LogP contribution in [0.5, 0.6) is 0 Å². The molecule has 0 bridgehead atoms. The van der Waals surface area contributed by atoms with Gasteiger partial charge in [-0.1, -0.05) is 12.8 Å². The SMILES string of the molecule is O=C(O)C1CCC(C(=O)N2CC3CCCCC3C2)CC1. The van der Waals surface area contributed by atoms with Gasteiger partial charge in [-0.25, -0.2) is 0 Å². The molecule has 1 N–H and O–H groups in total. The molecule has 4 nitrogen and oxygen atoms in total. The Labute approximate surface area is 120 Å². The Morgan fingerprint density at radius 3 is 1.80 bits per heavy atom. The second-order valence-electron chi connectivity index (χ2n) is 6.93. The molecule has 20 heavy (non-hydrogen) atoms. The van der Waals surface area contributed by atoms with Crippen molar-refractivity contribution in [1.82, 2.24) is 4.90 Å². The van der Waals surface area contributed by atoms with Gasteiger partial charge in [-0.3, -0.25) is 9.59 Å². The van der Waals surface area contributed by atoms with Crippen LogP contribution in [0.3, 0.4) is 0 Å². The van der Waals surface area contributed by atoms with Gasteiger partial charge in [0.1, 0.15) is 0 Å². The van der Waals surface area contributed by atoms with E-state index in [1.807, 2.05) is 0 Å². The fraction of sp³-hybridized carbons (Fsp3) is 0.875. The Kier molecular flexibility index (Phi) is 3.99. The zero-order valence-corrected chi connectivity index (χ0v) is 12.1. The van der Waals surface area contributed by atoms with Gasteiger partial charge in [0, 0.05) is 19.0 Å². The van der Waals surface area contributed by atoms with Gasteiger partial charge >= 0.3 is 5.97 Å². The summed E-state index contributed by atoms with van der Waals surface area (Å²) >= 11 is 0. The molecule has 1 amide bonds. The molecular weight excluding hydrogens is 254 g/mol. The van der Waals surface area contributed by atoms with Crippen LogP contribution in [0.2, 0.25) is 0 Å². The lowest BCUT2D eigenvalue weighted by molar-refractivity contribution is -0.145. The number of carbonyl (C=O) groups excluding carboxylic acids is 1. The maximum atomic E-state index is 12.6. The molecule has 2 atom stereocenters. The Bertz CT molecular complexity index is 373. The first kappa shape index (κ1) is 13.9. The Morgan fingerprint density at radius 2 is 1.30 bits per heavy atom. The van der Waals surface area contributed by atoms with Crippen molar-refractivity contribution >= 4 is 11.9 Å². The molecule has 1 heterocycles. The molecule has 2 unspecified atom stereocenters. The maximum absolute atomic E-state index is 12.6. The van der Waals surface area contributed by atoms with Crippen molar-refractivity contribution in [3.63, 3.8) is 0 Å². The number of nitrogens with zero attached hydrogens (tertiary/aromatic N) is 1. The molecule has 3 rings (SSSR count). The largest absolute Gasteiger partial charge is 0.481 e. The molecule has 0 aromatic carbocycles. The summed E-state index contributed by atoms with van der Waals surface area (Å²) in [4.78, 5) is 25.7. The molecule has 1 aliphatic heterocycles. The molecule has 0 aromatic rings. The quantitative estimate of drug-likeness (QED) is 0.845. The maximum Gasteiger partial charge on any atom is 0.306 e. The minimum absolute atomic E-state index is 0.0887. The summed E-state index contributed by atoms with van der Waals surface area (Å²) in [7, 11) is 0. The predicted molar refractivity (Wildman–Crippen MR) is 75.1 cm³/mol. The zero-order chi connectivity index (χ0) is 14.1. The lowest BCUT2D eigenvalue weighted by Gasteiger charge is -2.29. The van der Waals surface area contributed by atoms with Crippen molar-refractivity contribution in [2.75, 3.05) is 13.1 Å². The third-order valence-corrected chi connectivity index (χ3v) is 5.71. The van der Waals surface area contributed by atoms with Crippen LogP contribution in [0, 0.1) is 23.7 Å². The summed E-state index contributed by atoms with van der Waals surface area (Å²) in [5, 5.41) is 9.02. The van der Waals surface area contributed by atoms with Gasteiger partial charge in [-0.15, -0.1) is 0 Å². The van der Waals surface area contributed by atoms with Crippen LogP contribution in [0.25, 0.3) is 0 Å². The Balaban J connectivity index is 1.54. The number of likely N-dealkylation sites (tertiary alicyclic amines) is 1. The average Bonchev–Trinajstić information content (AvgIpc) is 2.90. The van der Waals surface area contributed by atoms with Crippen molar-refractivity contribution in [3.05, 3.63) is 0 Å². The number of aliphatic carboxylic acids is 1.